The zero-order chi connectivity index (χ0) is 59.4. The zero-order valence-corrected chi connectivity index (χ0v) is 57.1. The molecule has 0 fully saturated rings. The summed E-state index contributed by atoms with van der Waals surface area (Å²) in [6.07, 6.45) is 12.0. The van der Waals surface area contributed by atoms with Gasteiger partial charge in [0.15, 0.2) is 0 Å². The molecule has 4 aliphatic heterocycles. The van der Waals surface area contributed by atoms with Crippen LogP contribution in [0.2, 0.25) is 21.0 Å². The number of nitrogens with zero attached hydrogens (tertiary/aromatic N) is 11. The first-order chi connectivity index (χ1) is 39.3. The maximum atomic E-state index is 11.6. The quantitative estimate of drug-likeness (QED) is 0.0760. The molecular weight excluding hydrogens is 1430 g/mol. The van der Waals surface area contributed by atoms with E-state index in [2.05, 4.69) is 159 Å². The molecule has 6 aromatic heterocycles. The third-order valence-electron chi connectivity index (χ3n) is 12.7. The van der Waals surface area contributed by atoms with Gasteiger partial charge in [0.2, 0.25) is 15.9 Å². The van der Waals surface area contributed by atoms with Crippen LogP contribution in [0.3, 0.4) is 0 Å². The number of aromatic amines is 1. The predicted octanol–water partition coefficient (Wildman–Crippen LogP) is 12.5. The molecule has 10 heterocycles. The van der Waals surface area contributed by atoms with Crippen LogP contribution in [0.1, 0.15) is 49.3 Å². The Morgan fingerprint density at radius 3 is 1.50 bits per heavy atom. The van der Waals surface area contributed by atoms with E-state index in [0.717, 1.165) is 143 Å². The van der Waals surface area contributed by atoms with E-state index in [1.807, 2.05) is 34.9 Å². The molecule has 0 amide bonds. The van der Waals surface area contributed by atoms with Crippen molar-refractivity contribution in [3.05, 3.63) is 140 Å². The number of aryl methyl sites for hydroxylation is 8. The second-order valence-electron chi connectivity index (χ2n) is 17.6. The average Bonchev–Trinajstić information content (AvgIpc) is 4.41. The number of alkyl halides is 1. The molecule has 0 saturated carbocycles. The number of benzene rings is 4. The minimum atomic E-state index is -3.22. The molecule has 430 valence electrons. The minimum Gasteiger partial charge on any atom is -0.857 e. The summed E-state index contributed by atoms with van der Waals surface area (Å²) in [4.78, 5) is 43.2. The van der Waals surface area contributed by atoms with E-state index in [9.17, 15) is 13.8 Å². The van der Waals surface area contributed by atoms with E-state index in [-0.39, 0.29) is 45.8 Å². The fourth-order valence-corrected chi connectivity index (χ4v) is 12.1. The van der Waals surface area contributed by atoms with Gasteiger partial charge in [-0.05, 0) is 203 Å². The molecule has 0 bridgehead atoms. The largest absolute Gasteiger partial charge is 1.00 e. The van der Waals surface area contributed by atoms with Crippen LogP contribution in [0.4, 0.5) is 4.39 Å². The number of hydrogen-bond donors (Lipinski definition) is 1. The Labute approximate surface area is 553 Å². The maximum Gasteiger partial charge on any atom is 1.00 e. The summed E-state index contributed by atoms with van der Waals surface area (Å²) in [5.74, 6) is 0. The second kappa shape index (κ2) is 31.5. The van der Waals surface area contributed by atoms with Gasteiger partial charge in [0.1, 0.15) is 5.15 Å². The smallest absolute Gasteiger partial charge is 0.857 e. The molecule has 82 heavy (non-hydrogen) atoms. The molecule has 0 spiro atoms. The van der Waals surface area contributed by atoms with E-state index in [4.69, 9.17) is 62.4 Å². The van der Waals surface area contributed by atoms with E-state index >= 15 is 0 Å². The number of hydrogen-bond acceptors (Lipinski definition) is 12. The van der Waals surface area contributed by atoms with Crippen LogP contribution < -0.4 is 49.8 Å². The van der Waals surface area contributed by atoms with Crippen molar-refractivity contribution in [2.45, 2.75) is 77.5 Å². The minimum absolute atomic E-state index is 0. The number of ether oxygens (including phenoxy) is 2. The van der Waals surface area contributed by atoms with Crippen LogP contribution in [0.25, 0.3) is 55.4 Å². The van der Waals surface area contributed by atoms with Gasteiger partial charge in [-0.1, -0.05) is 59.4 Å². The third-order valence-corrected chi connectivity index (χ3v) is 14.9. The van der Waals surface area contributed by atoms with Crippen molar-refractivity contribution in [1.29, 1.82) is 0 Å². The van der Waals surface area contributed by atoms with Crippen LogP contribution >= 0.6 is 133 Å². The normalized spacial score (nSPS) is 13.2. The SMILES string of the molecule is COc1nc2cc(-c3ccnc(Cl)n3)cc3c2n1CCC3.COc1nc2cc(Br)cc3c2n1CCC3.C[O-].Clc1ccnc(Cl)n1.Clc1nc2cc(Br)cc3c2n1CCC3.O=P(Cl)(Cl)Cl.O=c1[nH]c2cc(Br)cc3c2n1CCC3.[2H]CF.[Na+]. The number of methoxy groups -OCH3 is 2. The molecule has 4 aliphatic rings. The van der Waals surface area contributed by atoms with Gasteiger partial charge in [0.05, 0.1) is 72.6 Å². The van der Waals surface area contributed by atoms with Gasteiger partial charge in [-0.25, -0.2) is 29.7 Å². The van der Waals surface area contributed by atoms with Crippen molar-refractivity contribution in [2.75, 3.05) is 28.5 Å². The first-order valence-corrected chi connectivity index (χ1v) is 32.7. The Morgan fingerprint density at radius 2 is 1.02 bits per heavy atom. The summed E-state index contributed by atoms with van der Waals surface area (Å²) in [7, 11) is 3.08. The first kappa shape index (κ1) is 66.4. The van der Waals surface area contributed by atoms with Gasteiger partial charge < -0.3 is 24.1 Å². The van der Waals surface area contributed by atoms with E-state index in [1.165, 1.54) is 45.0 Å². The van der Waals surface area contributed by atoms with Crippen LogP contribution in [0.5, 0.6) is 12.0 Å². The van der Waals surface area contributed by atoms with Crippen molar-refractivity contribution < 1.29 is 54.5 Å². The fourth-order valence-electron chi connectivity index (χ4n) is 9.85. The molecule has 1 N–H and O–H groups in total. The molecule has 0 atom stereocenters. The fraction of sp³-hybridized carbons (Fsp3) is 0.308. The van der Waals surface area contributed by atoms with Crippen molar-refractivity contribution in [3.63, 3.8) is 0 Å². The molecule has 17 nitrogen and oxygen atoms in total. The van der Waals surface area contributed by atoms with Crippen molar-refractivity contribution >= 4 is 177 Å². The maximum absolute atomic E-state index is 11.6. The van der Waals surface area contributed by atoms with Crippen molar-refractivity contribution in [3.8, 4) is 23.3 Å². The standard InChI is InChI=1S/C15H13ClN4O.C11H11BrN2O.C10H8BrClN2.C10H9BrN2O.C4H2Cl2N2.CH3F.CH3O.Cl3OP.Na/c1-21-15-19-12-8-10(11-4-5-17-14(16)18-11)7-9-3-2-6-20(15)13(9)12;1-15-11-13-9-6-8(12)5-7-3-2-4-14(11)10(7)9;11-7-4-6-2-1-3-14-9(6)8(5-7)13-10(14)12;11-7-4-6-2-1-3-13-9(6)8(5-7)12-10(13)14;5-3-1-2-7-4(6)8-3;2*1-2;1-5(2,3)4;/h4-5,7-8H,2-3,6H2,1H3;5-6H,2-4H2,1H3;4-5H,1-3H2;4-5H,1-3H2,(H,12,14);1-2H;2*1H3;;/q;;;;;;-1;;+1/i;;;;;1D;;;. The third kappa shape index (κ3) is 17.1. The molecular formula is C52H49Br3Cl7FN12NaO5P. The molecule has 30 heteroatoms. The number of nitrogens with one attached hydrogen (secondary N) is 1. The monoisotopic (exact) mass is 1480 g/mol. The van der Waals surface area contributed by atoms with Crippen LogP contribution in [0, 0.1) is 0 Å². The van der Waals surface area contributed by atoms with Gasteiger partial charge in [-0.3, -0.25) is 22.7 Å². The first-order valence-electron chi connectivity index (χ1n) is 25.1. The Morgan fingerprint density at radius 1 is 0.610 bits per heavy atom. The number of imidazole rings is 4. The van der Waals surface area contributed by atoms with Gasteiger partial charge in [0.25, 0.3) is 12.0 Å². The summed E-state index contributed by atoms with van der Waals surface area (Å²) in [6, 6.07) is 21.5. The number of aromatic nitrogens is 12. The molecule has 0 radical (unpaired) electrons. The van der Waals surface area contributed by atoms with Gasteiger partial charge in [-0.15, -0.1) is 0 Å². The van der Waals surface area contributed by atoms with Crippen molar-refractivity contribution in [2.24, 2.45) is 0 Å². The summed E-state index contributed by atoms with van der Waals surface area (Å²) >= 11 is 47.0. The van der Waals surface area contributed by atoms with E-state index < -0.39 is 12.4 Å². The average molecular weight is 1480 g/mol. The summed E-state index contributed by atoms with van der Waals surface area (Å²) in [5.41, 5.74) is 15.7. The Hall–Kier alpha value is -3.09. The van der Waals surface area contributed by atoms with Gasteiger partial charge in [0, 0.05) is 57.6 Å². The Kier molecular flexibility index (Phi) is 25.5. The molecule has 4 aromatic carbocycles. The summed E-state index contributed by atoms with van der Waals surface area (Å²) < 4.78 is 47.1. The number of rotatable bonds is 3. The zero-order valence-electron chi connectivity index (χ0n) is 45.2. The summed E-state index contributed by atoms with van der Waals surface area (Å²) in [5, 5.41) is 6.44. The Bertz CT molecular complexity index is 3960. The molecule has 0 unspecified atom stereocenters. The molecule has 0 aliphatic carbocycles. The predicted molar refractivity (Wildman–Crippen MR) is 332 cm³/mol. The Balaban J connectivity index is 0.000000163. The second-order valence-corrected chi connectivity index (χ2v) is 28.4. The van der Waals surface area contributed by atoms with Gasteiger partial charge >= 0.3 is 40.4 Å². The van der Waals surface area contributed by atoms with Crippen molar-refractivity contribution in [1.82, 2.24) is 58.1 Å². The molecule has 14 rings (SSSR count). The summed E-state index contributed by atoms with van der Waals surface area (Å²) in [6.45, 7) is 3.79. The topological polar surface area (TPSA) is 201 Å². The number of H-pyrrole nitrogens is 1. The molecule has 10 aromatic rings. The van der Waals surface area contributed by atoms with Crippen LogP contribution in [0.15, 0.2) is 91.3 Å². The van der Waals surface area contributed by atoms with Crippen LogP contribution in [-0.2, 0) is 56.4 Å². The molecule has 0 saturated heterocycles. The van der Waals surface area contributed by atoms with Crippen LogP contribution in [-0.4, -0.2) is 86.6 Å². The number of halogens is 11. The van der Waals surface area contributed by atoms with E-state index in [1.54, 1.807) is 26.5 Å². The van der Waals surface area contributed by atoms with E-state index in [0.29, 0.717) is 16.4 Å². The van der Waals surface area contributed by atoms with Gasteiger partial charge in [-0.2, -0.15) is 17.1 Å².